The SMILES string of the molecule is COc1cc(C(=O)Oc2ccc3oc4ccccc4c3c2)cc(OC)c1C. The Hall–Kier alpha value is -3.47. The fourth-order valence-corrected chi connectivity index (χ4v) is 3.14. The van der Waals surface area contributed by atoms with E-state index in [1.807, 2.05) is 37.3 Å². The van der Waals surface area contributed by atoms with Crippen LogP contribution in [0.2, 0.25) is 0 Å². The molecule has 4 aromatic rings. The van der Waals surface area contributed by atoms with Gasteiger partial charge in [0.05, 0.1) is 19.8 Å². The van der Waals surface area contributed by atoms with Crippen molar-refractivity contribution in [3.05, 3.63) is 65.7 Å². The molecule has 4 rings (SSSR count). The van der Waals surface area contributed by atoms with E-state index in [0.29, 0.717) is 22.8 Å². The molecule has 5 nitrogen and oxygen atoms in total. The van der Waals surface area contributed by atoms with Gasteiger partial charge in [-0.05, 0) is 43.3 Å². The number of furan rings is 1. The standard InChI is InChI=1S/C22H18O5/c1-13-20(24-2)10-14(11-21(13)25-3)22(23)26-15-8-9-19-17(12-15)16-6-4-5-7-18(16)27-19/h4-12H,1-3H3. The molecule has 0 unspecified atom stereocenters. The van der Waals surface area contributed by atoms with Crippen LogP contribution < -0.4 is 14.2 Å². The van der Waals surface area contributed by atoms with Crippen molar-refractivity contribution in [3.8, 4) is 17.2 Å². The van der Waals surface area contributed by atoms with Crippen molar-refractivity contribution < 1.29 is 23.4 Å². The van der Waals surface area contributed by atoms with Gasteiger partial charge in [-0.1, -0.05) is 18.2 Å². The van der Waals surface area contributed by atoms with Crippen molar-refractivity contribution in [3.63, 3.8) is 0 Å². The maximum Gasteiger partial charge on any atom is 0.343 e. The number of carbonyl (C=O) groups is 1. The van der Waals surface area contributed by atoms with Crippen molar-refractivity contribution in [2.75, 3.05) is 14.2 Å². The molecule has 0 bridgehead atoms. The van der Waals surface area contributed by atoms with Crippen LogP contribution in [0.5, 0.6) is 17.2 Å². The first-order valence-electron chi connectivity index (χ1n) is 8.47. The van der Waals surface area contributed by atoms with Gasteiger partial charge in [-0.15, -0.1) is 0 Å². The first kappa shape index (κ1) is 17.0. The summed E-state index contributed by atoms with van der Waals surface area (Å²) in [6, 6.07) is 16.4. The number of para-hydroxylation sites is 1. The summed E-state index contributed by atoms with van der Waals surface area (Å²) < 4.78 is 22.0. The Balaban J connectivity index is 1.69. The first-order valence-corrected chi connectivity index (χ1v) is 8.47. The highest BCUT2D eigenvalue weighted by Crippen LogP contribution is 2.33. The maximum absolute atomic E-state index is 12.6. The van der Waals surface area contributed by atoms with Gasteiger partial charge in [0.15, 0.2) is 0 Å². The van der Waals surface area contributed by atoms with Gasteiger partial charge in [-0.2, -0.15) is 0 Å². The van der Waals surface area contributed by atoms with E-state index in [2.05, 4.69) is 0 Å². The van der Waals surface area contributed by atoms with E-state index in [9.17, 15) is 4.79 Å². The average molecular weight is 362 g/mol. The number of esters is 1. The second-order valence-electron chi connectivity index (χ2n) is 6.15. The van der Waals surface area contributed by atoms with Crippen LogP contribution in [0.1, 0.15) is 15.9 Å². The van der Waals surface area contributed by atoms with E-state index in [1.165, 1.54) is 0 Å². The fourth-order valence-electron chi connectivity index (χ4n) is 3.14. The van der Waals surface area contributed by atoms with E-state index in [1.54, 1.807) is 38.5 Å². The molecule has 136 valence electrons. The van der Waals surface area contributed by atoms with Crippen LogP contribution in [0.4, 0.5) is 0 Å². The lowest BCUT2D eigenvalue weighted by Gasteiger charge is -2.12. The third-order valence-electron chi connectivity index (χ3n) is 4.55. The van der Waals surface area contributed by atoms with Crippen LogP contribution >= 0.6 is 0 Å². The highest BCUT2D eigenvalue weighted by atomic mass is 16.5. The summed E-state index contributed by atoms with van der Waals surface area (Å²) in [5, 5.41) is 1.87. The zero-order valence-electron chi connectivity index (χ0n) is 15.2. The second kappa shape index (κ2) is 6.68. The Bertz CT molecular complexity index is 1130. The average Bonchev–Trinajstić information content (AvgIpc) is 3.06. The lowest BCUT2D eigenvalue weighted by atomic mass is 10.1. The summed E-state index contributed by atoms with van der Waals surface area (Å²) >= 11 is 0. The van der Waals surface area contributed by atoms with Gasteiger partial charge in [-0.25, -0.2) is 4.79 Å². The highest BCUT2D eigenvalue weighted by Gasteiger charge is 2.16. The summed E-state index contributed by atoms with van der Waals surface area (Å²) in [4.78, 5) is 12.6. The van der Waals surface area contributed by atoms with Crippen LogP contribution in [0.15, 0.2) is 59.0 Å². The van der Waals surface area contributed by atoms with E-state index >= 15 is 0 Å². The zero-order chi connectivity index (χ0) is 19.0. The number of carbonyl (C=O) groups excluding carboxylic acids is 1. The Labute approximate surface area is 156 Å². The largest absolute Gasteiger partial charge is 0.496 e. The highest BCUT2D eigenvalue weighted by molar-refractivity contribution is 6.05. The van der Waals surface area contributed by atoms with Crippen molar-refractivity contribution in [1.82, 2.24) is 0 Å². The van der Waals surface area contributed by atoms with Crippen LogP contribution in [-0.2, 0) is 0 Å². The van der Waals surface area contributed by atoms with Gasteiger partial charge in [0.2, 0.25) is 0 Å². The molecule has 0 spiro atoms. The topological polar surface area (TPSA) is 57.9 Å². The van der Waals surface area contributed by atoms with E-state index in [-0.39, 0.29) is 0 Å². The van der Waals surface area contributed by atoms with Gasteiger partial charge in [0, 0.05) is 16.3 Å². The summed E-state index contributed by atoms with van der Waals surface area (Å²) in [6.07, 6.45) is 0. The Kier molecular flexibility index (Phi) is 4.20. The smallest absolute Gasteiger partial charge is 0.343 e. The molecule has 1 aromatic heterocycles. The molecule has 0 aliphatic heterocycles. The molecule has 27 heavy (non-hydrogen) atoms. The van der Waals surface area contributed by atoms with Crippen LogP contribution in [0.25, 0.3) is 21.9 Å². The summed E-state index contributed by atoms with van der Waals surface area (Å²) in [7, 11) is 3.10. The molecule has 0 aliphatic carbocycles. The van der Waals surface area contributed by atoms with Gasteiger partial charge in [0.1, 0.15) is 28.4 Å². The molecule has 0 amide bonds. The summed E-state index contributed by atoms with van der Waals surface area (Å²) in [5.41, 5.74) is 2.72. The van der Waals surface area contributed by atoms with E-state index < -0.39 is 5.97 Å². The molecule has 0 saturated carbocycles. The minimum atomic E-state index is -0.487. The van der Waals surface area contributed by atoms with Gasteiger partial charge in [-0.3, -0.25) is 0 Å². The molecular weight excluding hydrogens is 344 g/mol. The quantitative estimate of drug-likeness (QED) is 0.372. The maximum atomic E-state index is 12.6. The van der Waals surface area contributed by atoms with Gasteiger partial charge >= 0.3 is 5.97 Å². The third kappa shape index (κ3) is 2.97. The van der Waals surface area contributed by atoms with Gasteiger partial charge in [0.25, 0.3) is 0 Å². The minimum Gasteiger partial charge on any atom is -0.496 e. The Morgan fingerprint density at radius 3 is 2.22 bits per heavy atom. The molecule has 0 radical (unpaired) electrons. The van der Waals surface area contributed by atoms with Crippen molar-refractivity contribution in [1.29, 1.82) is 0 Å². The van der Waals surface area contributed by atoms with Crippen LogP contribution in [0, 0.1) is 6.92 Å². The number of methoxy groups -OCH3 is 2. The zero-order valence-corrected chi connectivity index (χ0v) is 15.2. The molecule has 3 aromatic carbocycles. The number of fused-ring (bicyclic) bond motifs is 3. The number of benzene rings is 3. The fraction of sp³-hybridized carbons (Fsp3) is 0.136. The van der Waals surface area contributed by atoms with Crippen LogP contribution in [0.3, 0.4) is 0 Å². The minimum absolute atomic E-state index is 0.353. The van der Waals surface area contributed by atoms with Gasteiger partial charge < -0.3 is 18.6 Å². The number of ether oxygens (including phenoxy) is 3. The molecule has 0 atom stereocenters. The monoisotopic (exact) mass is 362 g/mol. The second-order valence-corrected chi connectivity index (χ2v) is 6.15. The molecule has 0 fully saturated rings. The van der Waals surface area contributed by atoms with Crippen molar-refractivity contribution in [2.45, 2.75) is 6.92 Å². The lowest BCUT2D eigenvalue weighted by molar-refractivity contribution is 0.0734. The Morgan fingerprint density at radius 2 is 1.52 bits per heavy atom. The number of hydrogen-bond donors (Lipinski definition) is 0. The molecule has 0 N–H and O–H groups in total. The molecule has 0 aliphatic rings. The normalized spacial score (nSPS) is 10.9. The van der Waals surface area contributed by atoms with E-state index in [4.69, 9.17) is 18.6 Å². The third-order valence-corrected chi connectivity index (χ3v) is 4.55. The van der Waals surface area contributed by atoms with Crippen LogP contribution in [-0.4, -0.2) is 20.2 Å². The molecule has 5 heteroatoms. The predicted molar refractivity (Wildman–Crippen MR) is 103 cm³/mol. The van der Waals surface area contributed by atoms with E-state index in [0.717, 1.165) is 27.5 Å². The number of rotatable bonds is 4. The Morgan fingerprint density at radius 1 is 0.852 bits per heavy atom. The summed E-state index contributed by atoms with van der Waals surface area (Å²) in [6.45, 7) is 1.87. The molecular formula is C22H18O5. The predicted octanol–water partition coefficient (Wildman–Crippen LogP) is 5.13. The first-order chi connectivity index (χ1) is 13.1. The molecule has 1 heterocycles. The lowest BCUT2D eigenvalue weighted by Crippen LogP contribution is -2.09. The van der Waals surface area contributed by atoms with Crippen molar-refractivity contribution >= 4 is 27.9 Å². The summed E-state index contributed by atoms with van der Waals surface area (Å²) in [5.74, 6) is 1.09. The van der Waals surface area contributed by atoms with Crippen molar-refractivity contribution in [2.24, 2.45) is 0 Å². The number of hydrogen-bond acceptors (Lipinski definition) is 5. The molecule has 0 saturated heterocycles.